The average Bonchev–Trinajstić information content (AvgIpc) is 2.23. The molecule has 88 valence electrons. The third-order valence-electron chi connectivity index (χ3n) is 3.17. The third kappa shape index (κ3) is 2.69. The van der Waals surface area contributed by atoms with Crippen LogP contribution in [-0.2, 0) is 0 Å². The Balaban J connectivity index is 2.17. The fraction of sp³-hybridized carbons (Fsp3) is 0.538. The maximum Gasteiger partial charge on any atom is 0.0455 e. The maximum atomic E-state index is 6.16. The molecule has 1 aliphatic heterocycles. The molecule has 0 saturated carbocycles. The van der Waals surface area contributed by atoms with Crippen LogP contribution >= 0.6 is 11.6 Å². The molecule has 1 aromatic carbocycles. The number of hydrogen-bond acceptors (Lipinski definition) is 2. The second-order valence-corrected chi connectivity index (χ2v) is 4.74. The number of nitrogens with one attached hydrogen (secondary N) is 1. The molecule has 3 heteroatoms. The van der Waals surface area contributed by atoms with Crippen molar-refractivity contribution in [2.24, 2.45) is 0 Å². The van der Waals surface area contributed by atoms with Gasteiger partial charge in [-0.2, -0.15) is 0 Å². The molecule has 0 atom stereocenters. The van der Waals surface area contributed by atoms with E-state index >= 15 is 0 Å². The highest BCUT2D eigenvalue weighted by molar-refractivity contribution is 6.31. The Morgan fingerprint density at radius 3 is 2.94 bits per heavy atom. The van der Waals surface area contributed by atoms with E-state index in [1.54, 1.807) is 0 Å². The average molecular weight is 239 g/mol. The van der Waals surface area contributed by atoms with Crippen LogP contribution in [0.25, 0.3) is 0 Å². The van der Waals surface area contributed by atoms with E-state index in [-0.39, 0.29) is 0 Å². The van der Waals surface area contributed by atoms with Crippen molar-refractivity contribution >= 4 is 17.3 Å². The monoisotopic (exact) mass is 238 g/mol. The van der Waals surface area contributed by atoms with Gasteiger partial charge in [-0.1, -0.05) is 17.7 Å². The van der Waals surface area contributed by atoms with Crippen molar-refractivity contribution in [1.82, 2.24) is 5.32 Å². The molecular formula is C13H19ClN2. The second-order valence-electron chi connectivity index (χ2n) is 4.33. The van der Waals surface area contributed by atoms with Gasteiger partial charge >= 0.3 is 0 Å². The lowest BCUT2D eigenvalue weighted by atomic mass is 10.1. The molecule has 1 heterocycles. The number of rotatable bonds is 1. The molecule has 1 aromatic rings. The largest absolute Gasteiger partial charge is 0.370 e. The minimum atomic E-state index is 0.868. The molecule has 0 amide bonds. The number of nitrogens with zero attached hydrogens (tertiary/aromatic N) is 1. The Kier molecular flexibility index (Phi) is 4.08. The summed E-state index contributed by atoms with van der Waals surface area (Å²) in [6.45, 7) is 6.53. The van der Waals surface area contributed by atoms with Crippen molar-refractivity contribution in [2.45, 2.75) is 19.8 Å². The van der Waals surface area contributed by atoms with Crippen molar-refractivity contribution in [3.05, 3.63) is 28.8 Å². The molecule has 0 aliphatic carbocycles. The summed E-state index contributed by atoms with van der Waals surface area (Å²) < 4.78 is 0. The SMILES string of the molecule is Cc1c(Cl)cccc1N1CCCCNCC1. The van der Waals surface area contributed by atoms with Gasteiger partial charge in [0.05, 0.1) is 0 Å². The number of halogens is 1. The van der Waals surface area contributed by atoms with Crippen molar-refractivity contribution in [3.8, 4) is 0 Å². The number of anilines is 1. The number of hydrogen-bond donors (Lipinski definition) is 1. The summed E-state index contributed by atoms with van der Waals surface area (Å²) in [5, 5.41) is 4.31. The lowest BCUT2D eigenvalue weighted by Crippen LogP contribution is -2.36. The molecule has 1 aliphatic rings. The summed E-state index contributed by atoms with van der Waals surface area (Å²) in [6.07, 6.45) is 2.51. The predicted octanol–water partition coefficient (Wildman–Crippen LogP) is 2.84. The Hall–Kier alpha value is -0.730. The lowest BCUT2D eigenvalue weighted by Gasteiger charge is -2.28. The van der Waals surface area contributed by atoms with Gasteiger partial charge in [0, 0.05) is 30.3 Å². The van der Waals surface area contributed by atoms with E-state index < -0.39 is 0 Å². The van der Waals surface area contributed by atoms with E-state index in [0.29, 0.717) is 0 Å². The summed E-state index contributed by atoms with van der Waals surface area (Å²) >= 11 is 6.16. The second kappa shape index (κ2) is 5.55. The van der Waals surface area contributed by atoms with E-state index in [9.17, 15) is 0 Å². The van der Waals surface area contributed by atoms with Crippen LogP contribution in [0.2, 0.25) is 5.02 Å². The minimum absolute atomic E-state index is 0.868. The van der Waals surface area contributed by atoms with Gasteiger partial charge in [0.1, 0.15) is 0 Å². The van der Waals surface area contributed by atoms with Gasteiger partial charge in [-0.05, 0) is 44.0 Å². The zero-order valence-electron chi connectivity index (χ0n) is 9.80. The molecule has 1 fully saturated rings. The Bertz CT molecular complexity index is 344. The highest BCUT2D eigenvalue weighted by Gasteiger charge is 2.11. The van der Waals surface area contributed by atoms with Gasteiger partial charge in [0.15, 0.2) is 0 Å². The van der Waals surface area contributed by atoms with E-state index in [0.717, 1.165) is 31.2 Å². The van der Waals surface area contributed by atoms with Gasteiger partial charge in [-0.25, -0.2) is 0 Å². The summed E-state index contributed by atoms with van der Waals surface area (Å²) in [6, 6.07) is 6.17. The van der Waals surface area contributed by atoms with Crippen molar-refractivity contribution in [3.63, 3.8) is 0 Å². The molecular weight excluding hydrogens is 220 g/mol. The van der Waals surface area contributed by atoms with Crippen LogP contribution in [0.15, 0.2) is 18.2 Å². The zero-order chi connectivity index (χ0) is 11.4. The van der Waals surface area contributed by atoms with Crippen LogP contribution in [0.5, 0.6) is 0 Å². The molecule has 2 rings (SSSR count). The first-order valence-electron chi connectivity index (χ1n) is 6.00. The molecule has 1 N–H and O–H groups in total. The highest BCUT2D eigenvalue weighted by Crippen LogP contribution is 2.26. The van der Waals surface area contributed by atoms with Crippen LogP contribution < -0.4 is 10.2 Å². The van der Waals surface area contributed by atoms with E-state index in [1.807, 2.05) is 12.1 Å². The van der Waals surface area contributed by atoms with E-state index in [1.165, 1.54) is 24.1 Å². The van der Waals surface area contributed by atoms with Crippen LogP contribution in [0, 0.1) is 6.92 Å². The molecule has 0 radical (unpaired) electrons. The van der Waals surface area contributed by atoms with Gasteiger partial charge in [0.25, 0.3) is 0 Å². The molecule has 0 bridgehead atoms. The predicted molar refractivity (Wildman–Crippen MR) is 70.5 cm³/mol. The van der Waals surface area contributed by atoms with Crippen molar-refractivity contribution in [1.29, 1.82) is 0 Å². The van der Waals surface area contributed by atoms with Gasteiger partial charge in [-0.3, -0.25) is 0 Å². The molecule has 0 spiro atoms. The first-order valence-corrected chi connectivity index (χ1v) is 6.37. The van der Waals surface area contributed by atoms with Crippen LogP contribution in [0.4, 0.5) is 5.69 Å². The summed E-state index contributed by atoms with van der Waals surface area (Å²) in [4.78, 5) is 2.44. The highest BCUT2D eigenvalue weighted by atomic mass is 35.5. The Morgan fingerprint density at radius 2 is 2.06 bits per heavy atom. The molecule has 0 unspecified atom stereocenters. The lowest BCUT2D eigenvalue weighted by molar-refractivity contribution is 0.566. The van der Waals surface area contributed by atoms with E-state index in [4.69, 9.17) is 11.6 Å². The summed E-state index contributed by atoms with van der Waals surface area (Å²) in [5.41, 5.74) is 2.49. The maximum absolute atomic E-state index is 6.16. The fourth-order valence-corrected chi connectivity index (χ4v) is 2.35. The first-order chi connectivity index (χ1) is 7.79. The quantitative estimate of drug-likeness (QED) is 0.810. The van der Waals surface area contributed by atoms with Crippen LogP contribution in [-0.4, -0.2) is 26.2 Å². The van der Waals surface area contributed by atoms with Crippen LogP contribution in [0.1, 0.15) is 18.4 Å². The van der Waals surface area contributed by atoms with Gasteiger partial charge < -0.3 is 10.2 Å². The van der Waals surface area contributed by atoms with Gasteiger partial charge in [-0.15, -0.1) is 0 Å². The Labute approximate surface area is 103 Å². The summed E-state index contributed by atoms with van der Waals surface area (Å²) in [5.74, 6) is 0. The molecule has 2 nitrogen and oxygen atoms in total. The molecule has 1 saturated heterocycles. The topological polar surface area (TPSA) is 15.3 Å². The van der Waals surface area contributed by atoms with Crippen molar-refractivity contribution in [2.75, 3.05) is 31.1 Å². The summed E-state index contributed by atoms with van der Waals surface area (Å²) in [7, 11) is 0. The normalized spacial score (nSPS) is 18.0. The van der Waals surface area contributed by atoms with Gasteiger partial charge in [0.2, 0.25) is 0 Å². The van der Waals surface area contributed by atoms with Crippen LogP contribution in [0.3, 0.4) is 0 Å². The zero-order valence-corrected chi connectivity index (χ0v) is 10.6. The minimum Gasteiger partial charge on any atom is -0.370 e. The number of benzene rings is 1. The van der Waals surface area contributed by atoms with E-state index in [2.05, 4.69) is 23.2 Å². The third-order valence-corrected chi connectivity index (χ3v) is 3.58. The molecule has 0 aromatic heterocycles. The first kappa shape index (κ1) is 11.7. The fourth-order valence-electron chi connectivity index (χ4n) is 2.18. The smallest absolute Gasteiger partial charge is 0.0455 e. The standard InChI is InChI=1S/C13H19ClN2/c1-11-12(14)5-4-6-13(11)16-9-3-2-7-15-8-10-16/h4-6,15H,2-3,7-10H2,1H3. The molecule has 16 heavy (non-hydrogen) atoms. The Morgan fingerprint density at radius 1 is 1.19 bits per heavy atom. The van der Waals surface area contributed by atoms with Crippen molar-refractivity contribution < 1.29 is 0 Å².